The summed E-state index contributed by atoms with van der Waals surface area (Å²) in [5.74, 6) is -1.75. The molecule has 0 amide bonds. The van der Waals surface area contributed by atoms with Gasteiger partial charge in [-0.1, -0.05) is 0 Å². The molecule has 0 radical (unpaired) electrons. The van der Waals surface area contributed by atoms with Crippen LogP contribution in [-0.4, -0.2) is 29.8 Å². The molecular formula is C5H7F3OS. The van der Waals surface area contributed by atoms with Crippen LogP contribution in [-0.2, 0) is 4.79 Å². The summed E-state index contributed by atoms with van der Waals surface area (Å²) in [6, 6.07) is 0. The number of rotatable bonds is 1. The number of alkyl halides is 3. The molecule has 0 N–H and O–H groups in total. The Bertz CT molecular complexity index is 166. The lowest BCUT2D eigenvalue weighted by Crippen LogP contribution is -2.23. The Morgan fingerprint density at radius 3 is 1.90 bits per heavy atom. The van der Waals surface area contributed by atoms with E-state index >= 15 is 0 Å². The van der Waals surface area contributed by atoms with E-state index in [0.717, 1.165) is 0 Å². The summed E-state index contributed by atoms with van der Waals surface area (Å²) in [5.41, 5.74) is 0. The first kappa shape index (κ1) is 9.68. The fraction of sp³-hybridized carbons (Fsp3) is 0.600. The highest BCUT2D eigenvalue weighted by molar-refractivity contribution is 8.14. The standard InChI is InChI=1S/C5H7F3OS/c1-10(2)3-4(9)5(6,7)8/h3H,1-2H3. The van der Waals surface area contributed by atoms with Crippen molar-refractivity contribution in [1.82, 2.24) is 0 Å². The maximum atomic E-state index is 11.4. The van der Waals surface area contributed by atoms with Gasteiger partial charge in [-0.05, 0) is 12.5 Å². The Balaban J connectivity index is 4.27. The molecule has 60 valence electrons. The number of hydrogen-bond acceptors (Lipinski definition) is 1. The quantitative estimate of drug-likeness (QED) is 0.547. The summed E-state index contributed by atoms with van der Waals surface area (Å²) < 4.78 is 34.3. The summed E-state index contributed by atoms with van der Waals surface area (Å²) >= 11 is 0. The maximum Gasteiger partial charge on any atom is 0.454 e. The molecular weight excluding hydrogens is 165 g/mol. The van der Waals surface area contributed by atoms with Crippen molar-refractivity contribution in [1.29, 1.82) is 0 Å². The third kappa shape index (κ3) is 3.66. The number of carbonyl (C=O) groups excluding carboxylic acids is 1. The van der Waals surface area contributed by atoms with E-state index in [1.165, 1.54) is 0 Å². The normalized spacial score (nSPS) is 11.8. The smallest absolute Gasteiger partial charge is 0.284 e. The molecule has 0 aliphatic rings. The summed E-state index contributed by atoms with van der Waals surface area (Å²) in [7, 11) is -0.587. The Kier molecular flexibility index (Phi) is 3.08. The second kappa shape index (κ2) is 3.18. The molecule has 0 heterocycles. The highest BCUT2D eigenvalue weighted by Gasteiger charge is 2.36. The van der Waals surface area contributed by atoms with Gasteiger partial charge in [0.15, 0.2) is 0 Å². The van der Waals surface area contributed by atoms with Crippen molar-refractivity contribution in [2.45, 2.75) is 6.18 Å². The molecule has 1 nitrogen and oxygen atoms in total. The van der Waals surface area contributed by atoms with Gasteiger partial charge < -0.3 is 0 Å². The molecule has 0 aliphatic carbocycles. The molecule has 0 spiro atoms. The minimum atomic E-state index is -4.70. The van der Waals surface area contributed by atoms with E-state index in [2.05, 4.69) is 0 Å². The molecule has 5 heteroatoms. The lowest BCUT2D eigenvalue weighted by atomic mass is 10.4. The van der Waals surface area contributed by atoms with E-state index in [1.54, 1.807) is 12.5 Å². The molecule has 0 rings (SSSR count). The van der Waals surface area contributed by atoms with E-state index in [4.69, 9.17) is 0 Å². The summed E-state index contributed by atoms with van der Waals surface area (Å²) in [4.78, 5) is 10.1. The number of ketones is 1. The fourth-order valence-corrected chi connectivity index (χ4v) is 0.843. The third-order valence-corrected chi connectivity index (χ3v) is 1.31. The van der Waals surface area contributed by atoms with Crippen molar-refractivity contribution < 1.29 is 18.0 Å². The van der Waals surface area contributed by atoms with Crippen LogP contribution in [0.2, 0.25) is 0 Å². The van der Waals surface area contributed by atoms with Crippen molar-refractivity contribution in [3.8, 4) is 0 Å². The van der Waals surface area contributed by atoms with Crippen molar-refractivity contribution in [3.63, 3.8) is 0 Å². The zero-order chi connectivity index (χ0) is 8.36. The Labute approximate surface area is 59.2 Å². The van der Waals surface area contributed by atoms with Crippen LogP contribution >= 0.6 is 10.5 Å². The van der Waals surface area contributed by atoms with Crippen LogP contribution in [0.1, 0.15) is 0 Å². The first-order valence-corrected chi connectivity index (χ1v) is 4.47. The molecule has 0 saturated heterocycles. The van der Waals surface area contributed by atoms with Gasteiger partial charge in [0.2, 0.25) is 0 Å². The predicted octanol–water partition coefficient (Wildman–Crippen LogP) is 1.45. The lowest BCUT2D eigenvalue weighted by Gasteiger charge is -1.99. The Morgan fingerprint density at radius 2 is 1.80 bits per heavy atom. The molecule has 0 aliphatic heterocycles. The van der Waals surface area contributed by atoms with Gasteiger partial charge in [0.25, 0.3) is 5.78 Å². The Hall–Kier alpha value is -0.320. The van der Waals surface area contributed by atoms with Crippen LogP contribution in [0.3, 0.4) is 0 Å². The largest absolute Gasteiger partial charge is 0.454 e. The minimum absolute atomic E-state index is 0.587. The van der Waals surface area contributed by atoms with Gasteiger partial charge in [-0.25, -0.2) is 0 Å². The molecule has 0 atom stereocenters. The molecule has 0 fully saturated rings. The zero-order valence-electron chi connectivity index (χ0n) is 5.53. The SMILES string of the molecule is CS(C)=CC(=O)C(F)(F)F. The third-order valence-electron chi connectivity index (χ3n) is 0.622. The Morgan fingerprint density at radius 1 is 1.40 bits per heavy atom. The second-order valence-electron chi connectivity index (χ2n) is 1.86. The zero-order valence-corrected chi connectivity index (χ0v) is 6.34. The van der Waals surface area contributed by atoms with Crippen LogP contribution in [0.5, 0.6) is 0 Å². The maximum absolute atomic E-state index is 11.4. The van der Waals surface area contributed by atoms with Gasteiger partial charge in [0.05, 0.1) is 0 Å². The molecule has 0 bridgehead atoms. The van der Waals surface area contributed by atoms with E-state index in [9.17, 15) is 18.0 Å². The van der Waals surface area contributed by atoms with Crippen LogP contribution < -0.4 is 0 Å². The highest BCUT2D eigenvalue weighted by Crippen LogP contribution is 2.15. The monoisotopic (exact) mass is 172 g/mol. The molecule has 0 aromatic carbocycles. The van der Waals surface area contributed by atoms with Crippen molar-refractivity contribution in [3.05, 3.63) is 0 Å². The van der Waals surface area contributed by atoms with Crippen molar-refractivity contribution >= 4 is 21.6 Å². The first-order chi connectivity index (χ1) is 4.34. The highest BCUT2D eigenvalue weighted by atomic mass is 32.2. The second-order valence-corrected chi connectivity index (χ2v) is 3.85. The van der Waals surface area contributed by atoms with Crippen LogP contribution in [0.15, 0.2) is 0 Å². The number of hydrogen-bond donors (Lipinski definition) is 0. The van der Waals surface area contributed by atoms with Gasteiger partial charge in [-0.3, -0.25) is 4.79 Å². The molecule has 10 heavy (non-hydrogen) atoms. The van der Waals surface area contributed by atoms with Gasteiger partial charge in [-0.2, -0.15) is 23.7 Å². The van der Waals surface area contributed by atoms with E-state index in [-0.39, 0.29) is 0 Å². The number of carbonyl (C=O) groups is 1. The van der Waals surface area contributed by atoms with E-state index in [0.29, 0.717) is 5.37 Å². The van der Waals surface area contributed by atoms with Crippen LogP contribution in [0.4, 0.5) is 13.2 Å². The number of halogens is 3. The first-order valence-electron chi connectivity index (χ1n) is 2.36. The summed E-state index contributed by atoms with van der Waals surface area (Å²) in [6.07, 6.45) is -1.61. The van der Waals surface area contributed by atoms with Gasteiger partial charge in [0.1, 0.15) is 0 Å². The van der Waals surface area contributed by atoms with E-state index < -0.39 is 22.4 Å². The van der Waals surface area contributed by atoms with E-state index in [1.807, 2.05) is 0 Å². The van der Waals surface area contributed by atoms with Crippen LogP contribution in [0.25, 0.3) is 0 Å². The van der Waals surface area contributed by atoms with Gasteiger partial charge in [-0.15, -0.1) is 0 Å². The molecule has 0 aromatic heterocycles. The average Bonchev–Trinajstić information content (AvgIpc) is 1.60. The molecule has 0 unspecified atom stereocenters. The summed E-state index contributed by atoms with van der Waals surface area (Å²) in [6.45, 7) is 0. The van der Waals surface area contributed by atoms with Crippen LogP contribution in [0, 0.1) is 0 Å². The predicted molar refractivity (Wildman–Crippen MR) is 36.6 cm³/mol. The minimum Gasteiger partial charge on any atom is -0.284 e. The average molecular weight is 172 g/mol. The summed E-state index contributed by atoms with van der Waals surface area (Å²) in [5, 5.41) is 0.681. The molecule has 0 saturated carbocycles. The number of Topliss-reactive ketones (excluding diaryl/α,β-unsaturated/α-hetero) is 1. The van der Waals surface area contributed by atoms with Gasteiger partial charge >= 0.3 is 6.18 Å². The fourth-order valence-electron chi connectivity index (χ4n) is 0.281. The lowest BCUT2D eigenvalue weighted by molar-refractivity contribution is -0.162. The van der Waals surface area contributed by atoms with Crippen molar-refractivity contribution in [2.24, 2.45) is 0 Å². The topological polar surface area (TPSA) is 17.1 Å². The van der Waals surface area contributed by atoms with Crippen molar-refractivity contribution in [2.75, 3.05) is 12.5 Å². The van der Waals surface area contributed by atoms with Gasteiger partial charge in [0, 0.05) is 5.37 Å². The molecule has 0 aromatic rings.